The third-order valence-corrected chi connectivity index (χ3v) is 2.97. The Morgan fingerprint density at radius 2 is 2.20 bits per heavy atom. The van der Waals surface area contributed by atoms with E-state index in [2.05, 4.69) is 15.3 Å². The minimum atomic E-state index is -0.709. The zero-order valence-corrected chi connectivity index (χ0v) is 11.2. The Morgan fingerprint density at radius 3 is 2.80 bits per heavy atom. The molecule has 2 rings (SSSR count). The lowest BCUT2D eigenvalue weighted by Gasteiger charge is -2.03. The molecule has 0 radical (unpaired) electrons. The Bertz CT molecular complexity index is 734. The topological polar surface area (TPSA) is 118 Å². The van der Waals surface area contributed by atoms with Crippen LogP contribution in [0.5, 0.6) is 0 Å². The highest BCUT2D eigenvalue weighted by molar-refractivity contribution is 6.31. The van der Waals surface area contributed by atoms with Crippen molar-refractivity contribution in [1.29, 1.82) is 5.26 Å². The summed E-state index contributed by atoms with van der Waals surface area (Å²) in [5.41, 5.74) is 0.425. The van der Waals surface area contributed by atoms with Gasteiger partial charge in [-0.3, -0.25) is 10.1 Å². The van der Waals surface area contributed by atoms with Crippen molar-refractivity contribution in [2.45, 2.75) is 13.8 Å². The number of hydrogen-bond acceptors (Lipinski definition) is 7. The van der Waals surface area contributed by atoms with E-state index in [1.54, 1.807) is 13.8 Å². The van der Waals surface area contributed by atoms with E-state index in [4.69, 9.17) is 21.3 Å². The molecule has 1 N–H and O–H groups in total. The van der Waals surface area contributed by atoms with E-state index < -0.39 is 10.6 Å². The number of rotatable bonds is 3. The standard InChI is InChI=1S/C11H8ClN5O3/c1-5-6(2)20-11(7(5)3-13)16-10-8(17(18)19)9(12)14-4-15-10/h4H,1-2H3,(H,14,15,16). The highest BCUT2D eigenvalue weighted by atomic mass is 35.5. The zero-order valence-electron chi connectivity index (χ0n) is 10.5. The number of nitro groups is 1. The highest BCUT2D eigenvalue weighted by Gasteiger charge is 2.24. The van der Waals surface area contributed by atoms with Crippen LogP contribution in [0.25, 0.3) is 0 Å². The van der Waals surface area contributed by atoms with E-state index >= 15 is 0 Å². The van der Waals surface area contributed by atoms with E-state index in [1.165, 1.54) is 0 Å². The second-order valence-corrected chi connectivity index (χ2v) is 4.20. The van der Waals surface area contributed by atoms with Crippen LogP contribution in [0, 0.1) is 35.3 Å². The number of hydrogen-bond donors (Lipinski definition) is 1. The number of nitrogens with one attached hydrogen (secondary N) is 1. The fourth-order valence-electron chi connectivity index (χ4n) is 1.57. The van der Waals surface area contributed by atoms with Gasteiger partial charge >= 0.3 is 5.69 Å². The molecule has 20 heavy (non-hydrogen) atoms. The summed E-state index contributed by atoms with van der Waals surface area (Å²) in [4.78, 5) is 17.6. The maximum absolute atomic E-state index is 11.0. The first kappa shape index (κ1) is 13.8. The van der Waals surface area contributed by atoms with Gasteiger partial charge in [-0.2, -0.15) is 5.26 Å². The van der Waals surface area contributed by atoms with Crippen LogP contribution in [-0.2, 0) is 0 Å². The van der Waals surface area contributed by atoms with Gasteiger partial charge in [0.2, 0.25) is 16.9 Å². The molecule has 0 atom stereocenters. The van der Waals surface area contributed by atoms with Crippen molar-refractivity contribution in [3.05, 3.63) is 38.5 Å². The summed E-state index contributed by atoms with van der Waals surface area (Å²) in [6.07, 6.45) is 1.08. The molecule has 102 valence electrons. The van der Waals surface area contributed by atoms with Crippen molar-refractivity contribution < 1.29 is 9.34 Å². The van der Waals surface area contributed by atoms with Crippen LogP contribution in [0.4, 0.5) is 17.4 Å². The smallest absolute Gasteiger partial charge is 0.348 e. The van der Waals surface area contributed by atoms with Gasteiger partial charge in [0.15, 0.2) is 0 Å². The number of nitrogens with zero attached hydrogens (tertiary/aromatic N) is 4. The van der Waals surface area contributed by atoms with Gasteiger partial charge in [0.05, 0.1) is 4.92 Å². The summed E-state index contributed by atoms with van der Waals surface area (Å²) in [5, 5.41) is 22.4. The van der Waals surface area contributed by atoms with Crippen LogP contribution < -0.4 is 5.32 Å². The van der Waals surface area contributed by atoms with Crippen LogP contribution in [0.2, 0.25) is 5.15 Å². The molecule has 2 aromatic rings. The third-order valence-electron chi connectivity index (χ3n) is 2.69. The zero-order chi connectivity index (χ0) is 14.9. The second-order valence-electron chi connectivity index (χ2n) is 3.84. The predicted octanol–water partition coefficient (Wildman–Crippen LogP) is 2.86. The Labute approximate surface area is 118 Å². The monoisotopic (exact) mass is 293 g/mol. The van der Waals surface area contributed by atoms with Crippen LogP contribution in [0.1, 0.15) is 16.9 Å². The van der Waals surface area contributed by atoms with Crippen LogP contribution in [0.3, 0.4) is 0 Å². The molecule has 0 amide bonds. The van der Waals surface area contributed by atoms with Gasteiger partial charge in [0.1, 0.15) is 23.7 Å². The van der Waals surface area contributed by atoms with E-state index in [0.29, 0.717) is 11.3 Å². The predicted molar refractivity (Wildman–Crippen MR) is 69.9 cm³/mol. The number of nitriles is 1. The molecule has 2 heterocycles. The van der Waals surface area contributed by atoms with E-state index in [9.17, 15) is 10.1 Å². The summed E-state index contributed by atoms with van der Waals surface area (Å²) in [6.45, 7) is 3.40. The van der Waals surface area contributed by atoms with Gasteiger partial charge in [-0.15, -0.1) is 0 Å². The van der Waals surface area contributed by atoms with Crippen LogP contribution in [0.15, 0.2) is 10.7 Å². The van der Waals surface area contributed by atoms with Crippen molar-refractivity contribution >= 4 is 29.0 Å². The van der Waals surface area contributed by atoms with Gasteiger partial charge < -0.3 is 9.73 Å². The van der Waals surface area contributed by atoms with Gasteiger partial charge in [0.25, 0.3) is 0 Å². The molecule has 2 aromatic heterocycles. The number of aryl methyl sites for hydroxylation is 1. The number of anilines is 2. The first-order valence-electron chi connectivity index (χ1n) is 5.37. The second kappa shape index (κ2) is 5.14. The van der Waals surface area contributed by atoms with E-state index in [1.807, 2.05) is 6.07 Å². The first-order chi connectivity index (χ1) is 9.45. The van der Waals surface area contributed by atoms with Gasteiger partial charge in [-0.25, -0.2) is 9.97 Å². The fraction of sp³-hybridized carbons (Fsp3) is 0.182. The molecule has 0 saturated heterocycles. The number of halogens is 1. The largest absolute Gasteiger partial charge is 0.444 e. The average Bonchev–Trinajstić information content (AvgIpc) is 2.64. The number of furan rings is 1. The van der Waals surface area contributed by atoms with Gasteiger partial charge in [-0.1, -0.05) is 11.6 Å². The molecule has 0 aliphatic heterocycles. The summed E-state index contributed by atoms with van der Waals surface area (Å²) in [5.74, 6) is 0.479. The molecule has 8 nitrogen and oxygen atoms in total. The highest BCUT2D eigenvalue weighted by Crippen LogP contribution is 2.33. The quantitative estimate of drug-likeness (QED) is 0.525. The molecule has 0 aliphatic rings. The maximum Gasteiger partial charge on any atom is 0.348 e. The van der Waals surface area contributed by atoms with Crippen molar-refractivity contribution in [1.82, 2.24) is 9.97 Å². The Kier molecular flexibility index (Phi) is 3.54. The lowest BCUT2D eigenvalue weighted by atomic mass is 10.2. The van der Waals surface area contributed by atoms with Gasteiger partial charge in [-0.05, 0) is 13.8 Å². The summed E-state index contributed by atoms with van der Waals surface area (Å²) >= 11 is 5.67. The Balaban J connectivity index is 2.52. The molecular formula is C11H8ClN5O3. The molecule has 0 bridgehead atoms. The lowest BCUT2D eigenvalue weighted by Crippen LogP contribution is -2.02. The molecule has 0 fully saturated rings. The van der Waals surface area contributed by atoms with Crippen LogP contribution >= 0.6 is 11.6 Å². The molecule has 9 heteroatoms. The third kappa shape index (κ3) is 2.26. The minimum Gasteiger partial charge on any atom is -0.444 e. The SMILES string of the molecule is Cc1oc(Nc2ncnc(Cl)c2[N+](=O)[O-])c(C#N)c1C. The molecule has 0 aromatic carbocycles. The molecule has 0 unspecified atom stereocenters. The van der Waals surface area contributed by atoms with Crippen molar-refractivity contribution in [2.24, 2.45) is 0 Å². The van der Waals surface area contributed by atoms with Crippen molar-refractivity contribution in [3.63, 3.8) is 0 Å². The first-order valence-corrected chi connectivity index (χ1v) is 5.75. The lowest BCUT2D eigenvalue weighted by molar-refractivity contribution is -0.384. The van der Waals surface area contributed by atoms with E-state index in [0.717, 1.165) is 6.33 Å². The van der Waals surface area contributed by atoms with Gasteiger partial charge in [0, 0.05) is 5.56 Å². The average molecular weight is 294 g/mol. The van der Waals surface area contributed by atoms with Crippen molar-refractivity contribution in [2.75, 3.05) is 5.32 Å². The normalized spacial score (nSPS) is 10.1. The Morgan fingerprint density at radius 1 is 1.50 bits per heavy atom. The maximum atomic E-state index is 11.0. The summed E-state index contributed by atoms with van der Waals surface area (Å²) in [7, 11) is 0. The van der Waals surface area contributed by atoms with E-state index in [-0.39, 0.29) is 22.4 Å². The molecular weight excluding hydrogens is 286 g/mol. The number of aromatic nitrogens is 2. The summed E-state index contributed by atoms with van der Waals surface area (Å²) in [6, 6.07) is 1.97. The molecule has 0 saturated carbocycles. The van der Waals surface area contributed by atoms with Crippen LogP contribution in [-0.4, -0.2) is 14.9 Å². The molecule has 0 spiro atoms. The minimum absolute atomic E-state index is 0.0837. The van der Waals surface area contributed by atoms with Crippen molar-refractivity contribution in [3.8, 4) is 6.07 Å². The summed E-state index contributed by atoms with van der Waals surface area (Å²) < 4.78 is 5.36. The molecule has 0 aliphatic carbocycles. The Hall–Kier alpha value is -2.66. The fourth-order valence-corrected chi connectivity index (χ4v) is 1.77.